The molecule has 2 aliphatic heterocycles. The third-order valence-corrected chi connectivity index (χ3v) is 3.88. The number of aromatic nitrogens is 1. The normalized spacial score (nSPS) is 35.1. The zero-order valence-electron chi connectivity index (χ0n) is 8.19. The molecule has 0 amide bonds. The molecule has 0 aliphatic carbocycles. The SMILES string of the molecule is Cc1cnc(NC2CC3CCC2O3)s1. The van der Waals surface area contributed by atoms with Crippen molar-refractivity contribution in [3.05, 3.63) is 11.1 Å². The lowest BCUT2D eigenvalue weighted by molar-refractivity contribution is 0.102. The molecule has 4 heteroatoms. The van der Waals surface area contributed by atoms with Gasteiger partial charge in [0.05, 0.1) is 18.2 Å². The second-order valence-electron chi connectivity index (χ2n) is 4.14. The Bertz CT molecular complexity index is 339. The van der Waals surface area contributed by atoms with E-state index in [1.807, 2.05) is 6.20 Å². The van der Waals surface area contributed by atoms with Crippen LogP contribution in [0.5, 0.6) is 0 Å². The molecule has 0 aromatic carbocycles. The Kier molecular flexibility index (Phi) is 1.99. The van der Waals surface area contributed by atoms with E-state index in [-0.39, 0.29) is 0 Å². The highest BCUT2D eigenvalue weighted by atomic mass is 32.1. The average Bonchev–Trinajstić information content (AvgIpc) is 2.82. The van der Waals surface area contributed by atoms with E-state index in [9.17, 15) is 0 Å². The molecule has 1 aromatic heterocycles. The summed E-state index contributed by atoms with van der Waals surface area (Å²) in [7, 11) is 0. The molecular weight excluding hydrogens is 196 g/mol. The van der Waals surface area contributed by atoms with Crippen LogP contribution in [0, 0.1) is 6.92 Å². The second-order valence-corrected chi connectivity index (χ2v) is 5.37. The van der Waals surface area contributed by atoms with Gasteiger partial charge >= 0.3 is 0 Å². The van der Waals surface area contributed by atoms with Gasteiger partial charge in [-0.15, -0.1) is 11.3 Å². The number of nitrogens with zero attached hydrogens (tertiary/aromatic N) is 1. The van der Waals surface area contributed by atoms with Gasteiger partial charge in [0.15, 0.2) is 5.13 Å². The minimum Gasteiger partial charge on any atom is -0.373 e. The third kappa shape index (κ3) is 1.42. The number of nitrogens with one attached hydrogen (secondary N) is 1. The Balaban J connectivity index is 1.68. The van der Waals surface area contributed by atoms with Crippen LogP contribution < -0.4 is 5.32 Å². The average molecular weight is 210 g/mol. The predicted molar refractivity (Wildman–Crippen MR) is 56.8 cm³/mol. The molecule has 0 radical (unpaired) electrons. The molecule has 76 valence electrons. The van der Waals surface area contributed by atoms with E-state index in [0.717, 1.165) is 11.6 Å². The smallest absolute Gasteiger partial charge is 0.183 e. The van der Waals surface area contributed by atoms with Crippen molar-refractivity contribution in [3.63, 3.8) is 0 Å². The highest BCUT2D eigenvalue weighted by Gasteiger charge is 2.40. The summed E-state index contributed by atoms with van der Waals surface area (Å²) < 4.78 is 5.78. The van der Waals surface area contributed by atoms with Crippen molar-refractivity contribution in [1.29, 1.82) is 0 Å². The zero-order valence-corrected chi connectivity index (χ0v) is 9.01. The number of ether oxygens (including phenoxy) is 1. The van der Waals surface area contributed by atoms with Gasteiger partial charge in [0, 0.05) is 11.1 Å². The standard InChI is InChI=1S/C10H14N2OS/c1-6-5-11-10(14-6)12-8-4-7-2-3-9(8)13-7/h5,7-9H,2-4H2,1H3,(H,11,12). The second kappa shape index (κ2) is 3.21. The first kappa shape index (κ1) is 8.68. The summed E-state index contributed by atoms with van der Waals surface area (Å²) in [5.74, 6) is 0. The van der Waals surface area contributed by atoms with Crippen LogP contribution in [0.25, 0.3) is 0 Å². The van der Waals surface area contributed by atoms with Gasteiger partial charge in [0.1, 0.15) is 0 Å². The lowest BCUT2D eigenvalue weighted by atomic mass is 9.96. The molecule has 0 saturated carbocycles. The third-order valence-electron chi connectivity index (χ3n) is 3.04. The van der Waals surface area contributed by atoms with Crippen molar-refractivity contribution in [2.75, 3.05) is 5.32 Å². The molecule has 2 fully saturated rings. The van der Waals surface area contributed by atoms with E-state index >= 15 is 0 Å². The molecule has 3 rings (SSSR count). The quantitative estimate of drug-likeness (QED) is 0.812. The van der Waals surface area contributed by atoms with Crippen molar-refractivity contribution in [2.45, 2.75) is 44.4 Å². The van der Waals surface area contributed by atoms with Gasteiger partial charge in [-0.25, -0.2) is 4.98 Å². The molecule has 3 unspecified atom stereocenters. The number of aryl methyl sites for hydroxylation is 1. The largest absolute Gasteiger partial charge is 0.373 e. The molecule has 3 nitrogen and oxygen atoms in total. The van der Waals surface area contributed by atoms with Gasteiger partial charge in [0.25, 0.3) is 0 Å². The summed E-state index contributed by atoms with van der Waals surface area (Å²) in [5, 5.41) is 4.52. The van der Waals surface area contributed by atoms with Crippen LogP contribution in [0.1, 0.15) is 24.1 Å². The lowest BCUT2D eigenvalue weighted by Gasteiger charge is -2.19. The van der Waals surface area contributed by atoms with Crippen LogP contribution in [0.3, 0.4) is 0 Å². The van der Waals surface area contributed by atoms with E-state index < -0.39 is 0 Å². The molecule has 2 saturated heterocycles. The van der Waals surface area contributed by atoms with Crippen molar-refractivity contribution in [2.24, 2.45) is 0 Å². The minimum atomic E-state index is 0.434. The molecule has 3 heterocycles. The molecule has 14 heavy (non-hydrogen) atoms. The van der Waals surface area contributed by atoms with Crippen LogP contribution >= 0.6 is 11.3 Å². The molecular formula is C10H14N2OS. The van der Waals surface area contributed by atoms with Crippen LogP contribution in [0.2, 0.25) is 0 Å². The molecule has 2 aliphatic rings. The lowest BCUT2D eigenvalue weighted by Crippen LogP contribution is -2.30. The van der Waals surface area contributed by atoms with Crippen molar-refractivity contribution in [1.82, 2.24) is 4.98 Å². The fraction of sp³-hybridized carbons (Fsp3) is 0.700. The molecule has 0 spiro atoms. The van der Waals surface area contributed by atoms with Crippen LogP contribution in [-0.4, -0.2) is 23.2 Å². The maximum absolute atomic E-state index is 5.78. The van der Waals surface area contributed by atoms with E-state index in [0.29, 0.717) is 18.2 Å². The number of fused-ring (bicyclic) bond motifs is 2. The Morgan fingerprint density at radius 1 is 1.57 bits per heavy atom. The van der Waals surface area contributed by atoms with Gasteiger partial charge in [-0.1, -0.05) is 0 Å². The number of hydrogen-bond acceptors (Lipinski definition) is 4. The Morgan fingerprint density at radius 3 is 3.07 bits per heavy atom. The van der Waals surface area contributed by atoms with Gasteiger partial charge in [0.2, 0.25) is 0 Å². The Morgan fingerprint density at radius 2 is 2.50 bits per heavy atom. The summed E-state index contributed by atoms with van der Waals surface area (Å²) in [6.07, 6.45) is 6.49. The fourth-order valence-electron chi connectivity index (χ4n) is 2.37. The van der Waals surface area contributed by atoms with Crippen molar-refractivity contribution in [3.8, 4) is 0 Å². The Labute approximate surface area is 87.5 Å². The van der Waals surface area contributed by atoms with Gasteiger partial charge < -0.3 is 10.1 Å². The molecule has 1 N–H and O–H groups in total. The monoisotopic (exact) mass is 210 g/mol. The van der Waals surface area contributed by atoms with E-state index in [2.05, 4.69) is 17.2 Å². The minimum absolute atomic E-state index is 0.434. The number of rotatable bonds is 2. The predicted octanol–water partition coefficient (Wildman–Crippen LogP) is 2.18. The maximum Gasteiger partial charge on any atom is 0.183 e. The van der Waals surface area contributed by atoms with Gasteiger partial charge in [-0.2, -0.15) is 0 Å². The first-order valence-electron chi connectivity index (χ1n) is 5.16. The zero-order chi connectivity index (χ0) is 9.54. The number of anilines is 1. The summed E-state index contributed by atoms with van der Waals surface area (Å²) in [5.41, 5.74) is 0. The van der Waals surface area contributed by atoms with E-state index in [4.69, 9.17) is 4.74 Å². The van der Waals surface area contributed by atoms with Gasteiger partial charge in [-0.3, -0.25) is 0 Å². The number of hydrogen-bond donors (Lipinski definition) is 1. The van der Waals surface area contributed by atoms with Crippen LogP contribution in [-0.2, 0) is 4.74 Å². The highest BCUT2D eigenvalue weighted by molar-refractivity contribution is 7.15. The van der Waals surface area contributed by atoms with E-state index in [1.54, 1.807) is 11.3 Å². The summed E-state index contributed by atoms with van der Waals surface area (Å²) >= 11 is 1.72. The summed E-state index contributed by atoms with van der Waals surface area (Å²) in [4.78, 5) is 5.58. The van der Waals surface area contributed by atoms with E-state index in [1.165, 1.54) is 17.7 Å². The van der Waals surface area contributed by atoms with Crippen LogP contribution in [0.4, 0.5) is 5.13 Å². The molecule has 3 atom stereocenters. The van der Waals surface area contributed by atoms with Crippen molar-refractivity contribution < 1.29 is 4.74 Å². The topological polar surface area (TPSA) is 34.2 Å². The maximum atomic E-state index is 5.78. The van der Waals surface area contributed by atoms with Crippen LogP contribution in [0.15, 0.2) is 6.20 Å². The first-order chi connectivity index (χ1) is 6.81. The van der Waals surface area contributed by atoms with Crippen molar-refractivity contribution >= 4 is 16.5 Å². The molecule has 2 bridgehead atoms. The first-order valence-corrected chi connectivity index (χ1v) is 5.97. The highest BCUT2D eigenvalue weighted by Crippen LogP contribution is 2.36. The van der Waals surface area contributed by atoms with Gasteiger partial charge in [-0.05, 0) is 26.2 Å². The number of thiazole rings is 1. The molecule has 1 aromatic rings. The summed E-state index contributed by atoms with van der Waals surface area (Å²) in [6.45, 7) is 2.08. The summed E-state index contributed by atoms with van der Waals surface area (Å²) in [6, 6.07) is 0.499. The Hall–Kier alpha value is -0.610. The fourth-order valence-corrected chi connectivity index (χ4v) is 3.10.